The number of hydrogen-bond donors (Lipinski definition) is 2. The number of carbonyl (C=O) groups excluding carboxylic acids is 1. The van der Waals surface area contributed by atoms with Crippen LogP contribution in [-0.4, -0.2) is 55.4 Å². The minimum absolute atomic E-state index is 0.160. The highest BCUT2D eigenvalue weighted by Crippen LogP contribution is 2.27. The Balaban J connectivity index is 1.62. The van der Waals surface area contributed by atoms with Gasteiger partial charge in [-0.25, -0.2) is 23.4 Å². The van der Waals surface area contributed by atoms with E-state index in [9.17, 15) is 18.8 Å². The van der Waals surface area contributed by atoms with E-state index in [1.54, 1.807) is 35.8 Å². The van der Waals surface area contributed by atoms with Gasteiger partial charge in [0.2, 0.25) is 0 Å². The lowest BCUT2D eigenvalue weighted by atomic mass is 10.1. The number of aryl methyl sites for hydroxylation is 1. The number of Topliss-reactive ketones (excluding diaryl/α,β-unsaturated/α-hetero) is 1. The molecule has 0 spiro atoms. The SMILES string of the molecule is CC(=O)c1ccc(-n2cnc3cc(F)c(NC4CNCC4F)cc32)nc1-n1nc(C#N)cc1C. The number of alkyl halides is 1. The molecule has 2 atom stereocenters. The van der Waals surface area contributed by atoms with Crippen molar-refractivity contribution in [1.29, 1.82) is 5.26 Å². The van der Waals surface area contributed by atoms with Gasteiger partial charge in [0, 0.05) is 24.8 Å². The molecule has 1 saturated heterocycles. The number of rotatable bonds is 5. The number of nitrogens with zero attached hydrogens (tertiary/aromatic N) is 6. The molecule has 172 valence electrons. The lowest BCUT2D eigenvalue weighted by molar-refractivity contribution is 0.101. The fraction of sp³-hybridized carbons (Fsp3) is 0.261. The maximum absolute atomic E-state index is 14.7. The smallest absolute Gasteiger partial charge is 0.166 e. The first-order valence-electron chi connectivity index (χ1n) is 10.6. The Kier molecular flexibility index (Phi) is 5.30. The molecule has 11 heteroatoms. The number of anilines is 1. The van der Waals surface area contributed by atoms with Gasteiger partial charge < -0.3 is 10.6 Å². The van der Waals surface area contributed by atoms with Crippen molar-refractivity contribution in [3.63, 3.8) is 0 Å². The van der Waals surface area contributed by atoms with Gasteiger partial charge in [0.05, 0.1) is 28.3 Å². The van der Waals surface area contributed by atoms with Gasteiger partial charge in [-0.3, -0.25) is 9.36 Å². The van der Waals surface area contributed by atoms with E-state index in [-0.39, 0.29) is 29.5 Å². The maximum atomic E-state index is 14.7. The second-order valence-electron chi connectivity index (χ2n) is 8.15. The van der Waals surface area contributed by atoms with Gasteiger partial charge in [-0.05, 0) is 38.1 Å². The number of imidazole rings is 1. The van der Waals surface area contributed by atoms with Crippen LogP contribution in [0.4, 0.5) is 14.5 Å². The van der Waals surface area contributed by atoms with Crippen molar-refractivity contribution in [1.82, 2.24) is 29.6 Å². The highest BCUT2D eigenvalue weighted by atomic mass is 19.1. The summed E-state index contributed by atoms with van der Waals surface area (Å²) >= 11 is 0. The standard InChI is InChI=1S/C23H20F2N8O/c1-12-5-14(8-26)31-33(12)23-15(13(2)34)3-4-22(30-23)32-11-28-19-6-16(24)18(7-21(19)32)29-20-10-27-9-17(20)25/h3-7,11,17,20,27,29H,9-10H2,1-2H3. The monoisotopic (exact) mass is 462 g/mol. The molecule has 0 amide bonds. The molecule has 0 aliphatic carbocycles. The van der Waals surface area contributed by atoms with Crippen LogP contribution in [-0.2, 0) is 0 Å². The van der Waals surface area contributed by atoms with Crippen molar-refractivity contribution in [3.05, 3.63) is 59.4 Å². The van der Waals surface area contributed by atoms with Gasteiger partial charge in [-0.1, -0.05) is 0 Å². The van der Waals surface area contributed by atoms with Crippen LogP contribution < -0.4 is 10.6 Å². The third-order valence-electron chi connectivity index (χ3n) is 5.81. The molecule has 1 aliphatic rings. The van der Waals surface area contributed by atoms with Gasteiger partial charge in [0.25, 0.3) is 0 Å². The summed E-state index contributed by atoms with van der Waals surface area (Å²) in [6.07, 6.45) is 0.373. The van der Waals surface area contributed by atoms with Crippen molar-refractivity contribution in [2.24, 2.45) is 0 Å². The molecule has 4 aromatic rings. The number of aromatic nitrogens is 5. The molecule has 0 radical (unpaired) electrons. The molecule has 9 nitrogen and oxygen atoms in total. The first-order valence-corrected chi connectivity index (χ1v) is 10.6. The van der Waals surface area contributed by atoms with Crippen molar-refractivity contribution in [3.8, 4) is 17.7 Å². The number of nitrogens with one attached hydrogen (secondary N) is 2. The van der Waals surface area contributed by atoms with Gasteiger partial charge in [-0.2, -0.15) is 10.4 Å². The summed E-state index contributed by atoms with van der Waals surface area (Å²) in [6, 6.07) is 9.17. The topological polar surface area (TPSA) is 113 Å². The largest absolute Gasteiger partial charge is 0.376 e. The Morgan fingerprint density at radius 2 is 2.12 bits per heavy atom. The van der Waals surface area contributed by atoms with Crippen molar-refractivity contribution in [2.45, 2.75) is 26.1 Å². The van der Waals surface area contributed by atoms with Crippen molar-refractivity contribution in [2.75, 3.05) is 18.4 Å². The van der Waals surface area contributed by atoms with E-state index >= 15 is 0 Å². The number of fused-ring (bicyclic) bond motifs is 1. The molecule has 5 rings (SSSR count). The summed E-state index contributed by atoms with van der Waals surface area (Å²) in [5.41, 5.74) is 2.28. The number of hydrogen-bond acceptors (Lipinski definition) is 7. The summed E-state index contributed by atoms with van der Waals surface area (Å²) in [5, 5.41) is 19.3. The summed E-state index contributed by atoms with van der Waals surface area (Å²) in [4.78, 5) is 21.2. The van der Waals surface area contributed by atoms with Gasteiger partial charge >= 0.3 is 0 Å². The maximum Gasteiger partial charge on any atom is 0.166 e. The average molecular weight is 462 g/mol. The number of carbonyl (C=O) groups is 1. The first kappa shape index (κ1) is 21.7. The molecule has 1 aromatic carbocycles. The normalized spacial score (nSPS) is 17.7. The number of nitriles is 1. The quantitative estimate of drug-likeness (QED) is 0.439. The third-order valence-corrected chi connectivity index (χ3v) is 5.81. The molecule has 2 unspecified atom stereocenters. The zero-order chi connectivity index (χ0) is 24.0. The van der Waals surface area contributed by atoms with Crippen LogP contribution in [0, 0.1) is 24.1 Å². The fourth-order valence-electron chi connectivity index (χ4n) is 4.06. The number of ketones is 1. The highest BCUT2D eigenvalue weighted by Gasteiger charge is 2.27. The predicted molar refractivity (Wildman–Crippen MR) is 121 cm³/mol. The van der Waals surface area contributed by atoms with Crippen LogP contribution in [0.2, 0.25) is 0 Å². The Bertz CT molecular complexity index is 1470. The molecule has 4 heterocycles. The second-order valence-corrected chi connectivity index (χ2v) is 8.15. The average Bonchev–Trinajstić information content (AvgIpc) is 3.52. The molecule has 34 heavy (non-hydrogen) atoms. The number of pyridine rings is 1. The van der Waals surface area contributed by atoms with Crippen molar-refractivity contribution < 1.29 is 13.6 Å². The van der Waals surface area contributed by atoms with Crippen LogP contribution >= 0.6 is 0 Å². The molecule has 1 aliphatic heterocycles. The lowest BCUT2D eigenvalue weighted by Gasteiger charge is -2.16. The molecule has 3 aromatic heterocycles. The van der Waals surface area contributed by atoms with Crippen LogP contribution in [0.25, 0.3) is 22.7 Å². The van der Waals surface area contributed by atoms with E-state index in [1.165, 1.54) is 24.0 Å². The zero-order valence-corrected chi connectivity index (χ0v) is 18.4. The molecular weight excluding hydrogens is 442 g/mol. The Hall–Kier alpha value is -4.17. The molecular formula is C23H20F2N8O. The van der Waals surface area contributed by atoms with Gasteiger partial charge in [0.1, 0.15) is 30.2 Å². The van der Waals surface area contributed by atoms with E-state index in [2.05, 4.69) is 25.7 Å². The van der Waals surface area contributed by atoms with Crippen molar-refractivity contribution >= 4 is 22.5 Å². The van der Waals surface area contributed by atoms with Gasteiger partial charge in [-0.15, -0.1) is 0 Å². The van der Waals surface area contributed by atoms with E-state index < -0.39 is 18.0 Å². The third kappa shape index (κ3) is 3.68. The first-order chi connectivity index (χ1) is 16.4. The minimum atomic E-state index is -1.13. The van der Waals surface area contributed by atoms with E-state index in [4.69, 9.17) is 0 Å². The molecule has 0 saturated carbocycles. The van der Waals surface area contributed by atoms with E-state index in [1.807, 2.05) is 6.07 Å². The lowest BCUT2D eigenvalue weighted by Crippen LogP contribution is -2.29. The molecule has 0 bridgehead atoms. The molecule has 1 fully saturated rings. The summed E-state index contributed by atoms with van der Waals surface area (Å²) in [6.45, 7) is 3.79. The van der Waals surface area contributed by atoms with E-state index in [0.717, 1.165) is 0 Å². The second kappa shape index (κ2) is 8.31. The highest BCUT2D eigenvalue weighted by molar-refractivity contribution is 5.97. The predicted octanol–water partition coefficient (Wildman–Crippen LogP) is 2.85. The van der Waals surface area contributed by atoms with Crippen LogP contribution in [0.1, 0.15) is 28.7 Å². The Morgan fingerprint density at radius 1 is 1.29 bits per heavy atom. The number of benzene rings is 1. The summed E-state index contributed by atoms with van der Waals surface area (Å²) in [5.74, 6) is -0.0611. The number of halogens is 2. The van der Waals surface area contributed by atoms with Crippen LogP contribution in [0.5, 0.6) is 0 Å². The van der Waals surface area contributed by atoms with Crippen LogP contribution in [0.3, 0.4) is 0 Å². The Labute approximate surface area is 193 Å². The Morgan fingerprint density at radius 3 is 2.79 bits per heavy atom. The fourth-order valence-corrected chi connectivity index (χ4v) is 4.06. The molecule has 2 N–H and O–H groups in total. The summed E-state index contributed by atoms with van der Waals surface area (Å²) < 4.78 is 31.8. The van der Waals surface area contributed by atoms with Gasteiger partial charge in [0.15, 0.2) is 17.3 Å². The zero-order valence-electron chi connectivity index (χ0n) is 18.4. The minimum Gasteiger partial charge on any atom is -0.376 e. The summed E-state index contributed by atoms with van der Waals surface area (Å²) in [7, 11) is 0. The van der Waals surface area contributed by atoms with Crippen LogP contribution in [0.15, 0.2) is 36.7 Å². The van der Waals surface area contributed by atoms with E-state index in [0.29, 0.717) is 34.7 Å².